The van der Waals surface area contributed by atoms with Gasteiger partial charge in [-0.1, -0.05) is 19.1 Å². The summed E-state index contributed by atoms with van der Waals surface area (Å²) in [7, 11) is 0. The number of hydrogen-bond acceptors (Lipinski definition) is 4. The van der Waals surface area contributed by atoms with E-state index in [-0.39, 0.29) is 47.7 Å². The SMILES string of the molecule is C[C@@H](CN1C[C@H]2C[C@@H]1C(=O)N2C(C)(C)c1ccc(F)cc1)C(=O)N1[C@H](C#N)C[C@@H]2C[C@@H]21. The highest BCUT2D eigenvalue weighted by Crippen LogP contribution is 2.48. The average molecular weight is 425 g/mol. The van der Waals surface area contributed by atoms with E-state index in [2.05, 4.69) is 11.0 Å². The third-order valence-corrected chi connectivity index (χ3v) is 7.86. The number of nitrogens with zero attached hydrogens (tertiary/aromatic N) is 4. The monoisotopic (exact) mass is 424 g/mol. The van der Waals surface area contributed by atoms with E-state index < -0.39 is 5.54 Å². The molecule has 31 heavy (non-hydrogen) atoms. The Morgan fingerprint density at radius 2 is 1.97 bits per heavy atom. The van der Waals surface area contributed by atoms with E-state index in [0.29, 0.717) is 12.5 Å². The number of nitriles is 1. The Balaban J connectivity index is 1.26. The van der Waals surface area contributed by atoms with E-state index in [9.17, 15) is 19.2 Å². The van der Waals surface area contributed by atoms with Crippen LogP contribution in [0.4, 0.5) is 4.39 Å². The lowest BCUT2D eigenvalue weighted by molar-refractivity contribution is -0.145. The fourth-order valence-corrected chi connectivity index (χ4v) is 6.17. The highest BCUT2D eigenvalue weighted by Gasteiger charge is 2.56. The number of carbonyl (C=O) groups is 2. The smallest absolute Gasteiger partial charge is 0.241 e. The summed E-state index contributed by atoms with van der Waals surface area (Å²) in [5.74, 6) is 0.125. The fraction of sp³-hybridized carbons (Fsp3) is 0.625. The van der Waals surface area contributed by atoms with Gasteiger partial charge in [0.25, 0.3) is 0 Å². The third-order valence-electron chi connectivity index (χ3n) is 7.86. The van der Waals surface area contributed by atoms with Crippen molar-refractivity contribution < 1.29 is 14.0 Å². The summed E-state index contributed by atoms with van der Waals surface area (Å²) >= 11 is 0. The Bertz CT molecular complexity index is 955. The second-order valence-electron chi connectivity index (χ2n) is 10.2. The van der Waals surface area contributed by atoms with Crippen LogP contribution < -0.4 is 0 Å². The van der Waals surface area contributed by atoms with Crippen LogP contribution in [-0.4, -0.2) is 63.8 Å². The predicted octanol–water partition coefficient (Wildman–Crippen LogP) is 2.49. The lowest BCUT2D eigenvalue weighted by Gasteiger charge is -2.44. The summed E-state index contributed by atoms with van der Waals surface area (Å²) in [6, 6.07) is 8.50. The van der Waals surface area contributed by atoms with Gasteiger partial charge in [0.2, 0.25) is 11.8 Å². The number of likely N-dealkylation sites (tertiary alicyclic amines) is 3. The molecule has 164 valence electrons. The van der Waals surface area contributed by atoms with Gasteiger partial charge in [-0.05, 0) is 56.7 Å². The summed E-state index contributed by atoms with van der Waals surface area (Å²) in [4.78, 5) is 32.3. The van der Waals surface area contributed by atoms with E-state index >= 15 is 0 Å². The first kappa shape index (κ1) is 20.4. The Labute approximate surface area is 182 Å². The largest absolute Gasteiger partial charge is 0.328 e. The maximum Gasteiger partial charge on any atom is 0.241 e. The third kappa shape index (κ3) is 3.15. The van der Waals surface area contributed by atoms with Crippen molar-refractivity contribution in [2.24, 2.45) is 11.8 Å². The van der Waals surface area contributed by atoms with E-state index in [4.69, 9.17) is 0 Å². The van der Waals surface area contributed by atoms with E-state index in [1.807, 2.05) is 30.6 Å². The molecule has 4 aliphatic rings. The van der Waals surface area contributed by atoms with Gasteiger partial charge in [0.1, 0.15) is 11.9 Å². The molecule has 0 aromatic heterocycles. The first-order valence-electron chi connectivity index (χ1n) is 11.3. The maximum atomic E-state index is 13.4. The normalized spacial score (nSPS) is 32.9. The topological polar surface area (TPSA) is 67.7 Å². The van der Waals surface area contributed by atoms with E-state index in [1.165, 1.54) is 12.1 Å². The molecule has 0 radical (unpaired) electrons. The zero-order chi connectivity index (χ0) is 22.1. The molecule has 0 spiro atoms. The highest BCUT2D eigenvalue weighted by molar-refractivity contribution is 5.87. The number of amides is 2. The van der Waals surface area contributed by atoms with Crippen molar-refractivity contribution in [3.63, 3.8) is 0 Å². The van der Waals surface area contributed by atoms with Crippen LogP contribution in [0.3, 0.4) is 0 Å². The molecule has 2 amide bonds. The maximum absolute atomic E-state index is 13.4. The Morgan fingerprint density at radius 3 is 2.61 bits per heavy atom. The minimum atomic E-state index is -0.520. The standard InChI is InChI=1S/C24H29FN4O2/c1-14(22(30)28-18(11-26)8-15-9-20(15)28)12-27-13-19-10-21(27)23(31)29(19)24(2,3)16-4-6-17(25)7-5-16/h4-7,14-15,18-21H,8-10,12-13H2,1-3H3/t14-,15+,18-,19+,20-,21+/m0/s1. The van der Waals surface area contributed by atoms with Crippen LogP contribution >= 0.6 is 0 Å². The lowest BCUT2D eigenvalue weighted by atomic mass is 9.91. The van der Waals surface area contributed by atoms with Gasteiger partial charge >= 0.3 is 0 Å². The molecule has 1 saturated carbocycles. The van der Waals surface area contributed by atoms with Crippen molar-refractivity contribution in [1.29, 1.82) is 5.26 Å². The predicted molar refractivity (Wildman–Crippen MR) is 112 cm³/mol. The van der Waals surface area contributed by atoms with E-state index in [1.54, 1.807) is 12.1 Å². The van der Waals surface area contributed by atoms with Crippen LogP contribution in [0.5, 0.6) is 0 Å². The molecule has 0 N–H and O–H groups in total. The van der Waals surface area contributed by atoms with Gasteiger partial charge in [-0.2, -0.15) is 5.26 Å². The number of piperidine rings is 1. The van der Waals surface area contributed by atoms with Gasteiger partial charge in [-0.15, -0.1) is 0 Å². The zero-order valence-corrected chi connectivity index (χ0v) is 18.3. The van der Waals surface area contributed by atoms with Crippen LogP contribution in [0.1, 0.15) is 45.6 Å². The van der Waals surface area contributed by atoms with Crippen LogP contribution in [-0.2, 0) is 15.1 Å². The van der Waals surface area contributed by atoms with Crippen molar-refractivity contribution in [2.75, 3.05) is 13.1 Å². The van der Waals surface area contributed by atoms with Crippen molar-refractivity contribution in [3.8, 4) is 6.07 Å². The molecule has 6 nitrogen and oxygen atoms in total. The molecule has 7 heteroatoms. The lowest BCUT2D eigenvalue weighted by Crippen LogP contribution is -2.57. The number of carbonyl (C=O) groups excluding carboxylic acids is 2. The van der Waals surface area contributed by atoms with Gasteiger partial charge in [0.15, 0.2) is 0 Å². The molecule has 2 bridgehead atoms. The summed E-state index contributed by atoms with van der Waals surface area (Å²) < 4.78 is 13.4. The second-order valence-corrected chi connectivity index (χ2v) is 10.2. The molecule has 5 rings (SSSR count). The van der Waals surface area contributed by atoms with Crippen molar-refractivity contribution in [3.05, 3.63) is 35.6 Å². The average Bonchev–Trinajstić information content (AvgIpc) is 3.06. The second kappa shape index (κ2) is 7.03. The molecule has 1 aliphatic carbocycles. The number of benzene rings is 1. The van der Waals surface area contributed by atoms with Crippen LogP contribution in [0.2, 0.25) is 0 Å². The molecule has 3 aliphatic heterocycles. The number of rotatable bonds is 5. The summed E-state index contributed by atoms with van der Waals surface area (Å²) in [5.41, 5.74) is 0.398. The molecular weight excluding hydrogens is 395 g/mol. The fourth-order valence-electron chi connectivity index (χ4n) is 6.17. The van der Waals surface area contributed by atoms with Crippen molar-refractivity contribution >= 4 is 11.8 Å². The molecule has 3 saturated heterocycles. The van der Waals surface area contributed by atoms with Gasteiger partial charge in [0, 0.05) is 31.1 Å². The minimum absolute atomic E-state index is 0.0512. The number of fused-ring (bicyclic) bond motifs is 3. The molecule has 6 atom stereocenters. The van der Waals surface area contributed by atoms with Crippen LogP contribution in [0, 0.1) is 29.0 Å². The molecule has 0 unspecified atom stereocenters. The van der Waals surface area contributed by atoms with Gasteiger partial charge in [-0.25, -0.2) is 4.39 Å². The van der Waals surface area contributed by atoms with Crippen LogP contribution in [0.25, 0.3) is 0 Å². The molecule has 1 aromatic rings. The first-order chi connectivity index (χ1) is 14.7. The summed E-state index contributed by atoms with van der Waals surface area (Å²) in [5, 5.41) is 9.40. The van der Waals surface area contributed by atoms with Gasteiger partial charge in [-0.3, -0.25) is 14.5 Å². The molecule has 1 aromatic carbocycles. The highest BCUT2D eigenvalue weighted by atomic mass is 19.1. The molecular formula is C24H29FN4O2. The summed E-state index contributed by atoms with van der Waals surface area (Å²) in [6.07, 6.45) is 2.59. The number of piperazine rings is 1. The molecule has 3 heterocycles. The van der Waals surface area contributed by atoms with E-state index in [0.717, 1.165) is 31.4 Å². The summed E-state index contributed by atoms with van der Waals surface area (Å²) in [6.45, 7) is 7.23. The Morgan fingerprint density at radius 1 is 1.26 bits per heavy atom. The quantitative estimate of drug-likeness (QED) is 0.728. The van der Waals surface area contributed by atoms with Crippen LogP contribution in [0.15, 0.2) is 24.3 Å². The Hall–Kier alpha value is -2.46. The van der Waals surface area contributed by atoms with Crippen molar-refractivity contribution in [1.82, 2.24) is 14.7 Å². The van der Waals surface area contributed by atoms with Gasteiger partial charge in [0.05, 0.1) is 17.6 Å². The Kier molecular flexibility index (Phi) is 4.63. The van der Waals surface area contributed by atoms with Crippen molar-refractivity contribution in [2.45, 2.75) is 69.7 Å². The zero-order valence-electron chi connectivity index (χ0n) is 18.3. The first-order valence-corrected chi connectivity index (χ1v) is 11.3. The number of halogens is 1. The molecule has 4 fully saturated rings. The van der Waals surface area contributed by atoms with Gasteiger partial charge < -0.3 is 9.80 Å². The minimum Gasteiger partial charge on any atom is -0.328 e. The number of hydrogen-bond donors (Lipinski definition) is 0.